The maximum atomic E-state index is 11.9. The van der Waals surface area contributed by atoms with E-state index in [0.29, 0.717) is 12.2 Å². The van der Waals surface area contributed by atoms with Crippen molar-refractivity contribution < 1.29 is 12.8 Å². The fraction of sp³-hybridized carbons (Fsp3) is 0.273. The highest BCUT2D eigenvalue weighted by atomic mass is 32.2. The predicted octanol–water partition coefficient (Wildman–Crippen LogP) is 0.404. The number of sulfonamides is 1. The van der Waals surface area contributed by atoms with Gasteiger partial charge in [0.15, 0.2) is 0 Å². The maximum absolute atomic E-state index is 11.9. The molecule has 0 aliphatic heterocycles. The lowest BCUT2D eigenvalue weighted by Gasteiger charge is -2.03. The van der Waals surface area contributed by atoms with Crippen molar-refractivity contribution in [3.05, 3.63) is 46.5 Å². The fourth-order valence-corrected chi connectivity index (χ4v) is 2.46. The van der Waals surface area contributed by atoms with Gasteiger partial charge in [0, 0.05) is 24.9 Å². The minimum absolute atomic E-state index is 0.101. The van der Waals surface area contributed by atoms with Gasteiger partial charge in [-0.3, -0.25) is 4.79 Å². The third-order valence-electron chi connectivity index (χ3n) is 2.44. The molecule has 0 amide bonds. The highest BCUT2D eigenvalue weighted by molar-refractivity contribution is 7.89. The van der Waals surface area contributed by atoms with Gasteiger partial charge in [-0.05, 0) is 0 Å². The Labute approximate surface area is 109 Å². The highest BCUT2D eigenvalue weighted by Gasteiger charge is 2.18. The second kappa shape index (κ2) is 5.37. The van der Waals surface area contributed by atoms with E-state index in [0.717, 1.165) is 12.3 Å². The topological polar surface area (TPSA) is 105 Å². The van der Waals surface area contributed by atoms with Gasteiger partial charge in [0.25, 0.3) is 0 Å². The highest BCUT2D eigenvalue weighted by Crippen LogP contribution is 2.06. The van der Waals surface area contributed by atoms with E-state index in [2.05, 4.69) is 14.7 Å². The number of H-pyrrole nitrogens is 1. The first kappa shape index (κ1) is 13.5. The van der Waals surface area contributed by atoms with Crippen LogP contribution >= 0.6 is 0 Å². The summed E-state index contributed by atoms with van der Waals surface area (Å²) < 4.78 is 31.3. The van der Waals surface area contributed by atoms with Gasteiger partial charge in [-0.2, -0.15) is 0 Å². The van der Waals surface area contributed by atoms with Crippen molar-refractivity contribution in [2.45, 2.75) is 24.8 Å². The first-order chi connectivity index (χ1) is 9.03. The second-order valence-corrected chi connectivity index (χ2v) is 5.51. The van der Waals surface area contributed by atoms with Crippen LogP contribution in [0.2, 0.25) is 0 Å². The Kier molecular flexibility index (Phi) is 3.82. The average molecular weight is 283 g/mol. The smallest absolute Gasteiger partial charge is 0.246 e. The number of rotatable bonds is 5. The maximum Gasteiger partial charge on any atom is 0.246 e. The van der Waals surface area contributed by atoms with Gasteiger partial charge in [0.05, 0.1) is 12.7 Å². The largest absolute Gasteiger partial charge is 0.444 e. The fourth-order valence-electron chi connectivity index (χ4n) is 1.44. The monoisotopic (exact) mass is 283 g/mol. The molecule has 19 heavy (non-hydrogen) atoms. The van der Waals surface area contributed by atoms with E-state index in [1.807, 2.05) is 6.92 Å². The summed E-state index contributed by atoms with van der Waals surface area (Å²) in [6.45, 7) is 1.80. The Hall–Kier alpha value is -1.93. The van der Waals surface area contributed by atoms with Crippen LogP contribution in [0.15, 0.2) is 38.8 Å². The van der Waals surface area contributed by atoms with Crippen LogP contribution in [-0.4, -0.2) is 18.4 Å². The molecule has 0 saturated heterocycles. The van der Waals surface area contributed by atoms with Gasteiger partial charge in [0.2, 0.25) is 21.3 Å². The van der Waals surface area contributed by atoms with Crippen LogP contribution in [0.3, 0.4) is 0 Å². The molecular weight excluding hydrogens is 270 g/mol. The molecule has 2 heterocycles. The summed E-state index contributed by atoms with van der Waals surface area (Å²) in [5, 5.41) is 0. The van der Waals surface area contributed by atoms with Crippen molar-refractivity contribution in [3.8, 4) is 0 Å². The van der Waals surface area contributed by atoms with E-state index in [9.17, 15) is 13.2 Å². The molecule has 0 atom stereocenters. The molecule has 102 valence electrons. The lowest BCUT2D eigenvalue weighted by atomic mass is 10.4. The normalized spacial score (nSPS) is 11.6. The van der Waals surface area contributed by atoms with Crippen LogP contribution in [0.1, 0.15) is 18.6 Å². The lowest BCUT2D eigenvalue weighted by Crippen LogP contribution is -2.28. The molecule has 0 aromatic carbocycles. The SMILES string of the molecule is CCc1cnc(CNS(=O)(=O)c2c[nH]ccc2=O)o1. The Morgan fingerprint density at radius 1 is 1.47 bits per heavy atom. The Bertz CT molecular complexity index is 717. The van der Waals surface area contributed by atoms with Crippen LogP contribution in [0.5, 0.6) is 0 Å². The third kappa shape index (κ3) is 3.09. The van der Waals surface area contributed by atoms with E-state index in [1.165, 1.54) is 6.20 Å². The zero-order chi connectivity index (χ0) is 13.9. The van der Waals surface area contributed by atoms with E-state index in [-0.39, 0.29) is 17.3 Å². The lowest BCUT2D eigenvalue weighted by molar-refractivity contribution is 0.452. The first-order valence-corrected chi connectivity index (χ1v) is 7.11. The molecule has 0 aliphatic rings. The molecule has 0 saturated carbocycles. The van der Waals surface area contributed by atoms with Crippen LogP contribution in [0.4, 0.5) is 0 Å². The summed E-state index contributed by atoms with van der Waals surface area (Å²) >= 11 is 0. The number of oxazole rings is 1. The quantitative estimate of drug-likeness (QED) is 0.826. The van der Waals surface area contributed by atoms with Gasteiger partial charge in [0.1, 0.15) is 10.7 Å². The number of aromatic nitrogens is 2. The first-order valence-electron chi connectivity index (χ1n) is 5.63. The molecule has 7 nitrogen and oxygen atoms in total. The number of aryl methyl sites for hydroxylation is 1. The molecule has 2 aromatic rings. The van der Waals surface area contributed by atoms with Crippen molar-refractivity contribution in [2.75, 3.05) is 0 Å². The molecule has 0 bridgehead atoms. The van der Waals surface area contributed by atoms with Crippen LogP contribution in [-0.2, 0) is 23.0 Å². The second-order valence-electron chi connectivity index (χ2n) is 3.77. The van der Waals surface area contributed by atoms with E-state index >= 15 is 0 Å². The van der Waals surface area contributed by atoms with Crippen molar-refractivity contribution >= 4 is 10.0 Å². The molecule has 2 aromatic heterocycles. The van der Waals surface area contributed by atoms with Gasteiger partial charge < -0.3 is 9.40 Å². The van der Waals surface area contributed by atoms with E-state index in [4.69, 9.17) is 4.42 Å². The van der Waals surface area contributed by atoms with Gasteiger partial charge in [-0.15, -0.1) is 0 Å². The molecule has 2 rings (SSSR count). The molecule has 0 unspecified atom stereocenters. The molecule has 0 spiro atoms. The molecule has 2 N–H and O–H groups in total. The Balaban J connectivity index is 2.14. The number of nitrogens with zero attached hydrogens (tertiary/aromatic N) is 1. The number of pyridine rings is 1. The summed E-state index contributed by atoms with van der Waals surface area (Å²) in [6, 6.07) is 1.15. The minimum Gasteiger partial charge on any atom is -0.444 e. The van der Waals surface area contributed by atoms with E-state index < -0.39 is 15.5 Å². The molecule has 0 aliphatic carbocycles. The molecule has 0 fully saturated rings. The number of hydrogen-bond acceptors (Lipinski definition) is 5. The zero-order valence-corrected chi connectivity index (χ0v) is 11.0. The van der Waals surface area contributed by atoms with Crippen LogP contribution in [0, 0.1) is 0 Å². The van der Waals surface area contributed by atoms with Crippen molar-refractivity contribution in [1.82, 2.24) is 14.7 Å². The number of nitrogens with one attached hydrogen (secondary N) is 2. The summed E-state index contributed by atoms with van der Waals surface area (Å²) in [7, 11) is -3.88. The number of hydrogen-bond donors (Lipinski definition) is 2. The van der Waals surface area contributed by atoms with Crippen molar-refractivity contribution in [2.24, 2.45) is 0 Å². The van der Waals surface area contributed by atoms with Gasteiger partial charge >= 0.3 is 0 Å². The Morgan fingerprint density at radius 3 is 2.89 bits per heavy atom. The van der Waals surface area contributed by atoms with E-state index in [1.54, 1.807) is 6.20 Å². The molecular formula is C11H13N3O4S. The molecule has 0 radical (unpaired) electrons. The van der Waals surface area contributed by atoms with Gasteiger partial charge in [-0.1, -0.05) is 6.92 Å². The predicted molar refractivity (Wildman–Crippen MR) is 67.0 cm³/mol. The van der Waals surface area contributed by atoms with Crippen molar-refractivity contribution in [1.29, 1.82) is 0 Å². The third-order valence-corrected chi connectivity index (χ3v) is 3.86. The van der Waals surface area contributed by atoms with Gasteiger partial charge in [-0.25, -0.2) is 18.1 Å². The zero-order valence-electron chi connectivity index (χ0n) is 10.2. The van der Waals surface area contributed by atoms with Crippen LogP contribution in [0.25, 0.3) is 0 Å². The molecule has 8 heteroatoms. The Morgan fingerprint density at radius 2 is 2.26 bits per heavy atom. The summed E-state index contributed by atoms with van der Waals surface area (Å²) in [6.07, 6.45) is 4.72. The average Bonchev–Trinajstić information content (AvgIpc) is 2.85. The summed E-state index contributed by atoms with van der Waals surface area (Å²) in [5.74, 6) is 0.930. The van der Waals surface area contributed by atoms with Crippen LogP contribution < -0.4 is 10.2 Å². The standard InChI is InChI=1S/C11H13N3O4S/c1-2-8-5-13-11(18-8)7-14-19(16,17)10-6-12-4-3-9(10)15/h3-6,14H,2,7H2,1H3,(H,12,15). The summed E-state index contributed by atoms with van der Waals surface area (Å²) in [4.78, 5) is 17.6. The number of aromatic amines is 1. The van der Waals surface area contributed by atoms with Crippen molar-refractivity contribution in [3.63, 3.8) is 0 Å². The summed E-state index contributed by atoms with van der Waals surface area (Å²) in [5.41, 5.74) is -0.576. The minimum atomic E-state index is -3.88.